The third kappa shape index (κ3) is 2.05. The van der Waals surface area contributed by atoms with Crippen molar-refractivity contribution in [2.45, 2.75) is 38.9 Å². The van der Waals surface area contributed by atoms with Crippen LogP contribution in [0.15, 0.2) is 36.4 Å². The van der Waals surface area contributed by atoms with Crippen molar-refractivity contribution in [2.75, 3.05) is 0 Å². The zero-order valence-corrected chi connectivity index (χ0v) is 13.0. The van der Waals surface area contributed by atoms with Crippen LogP contribution < -0.4 is 5.46 Å². The number of hydrogen-bond acceptors (Lipinski definition) is 2. The molecule has 0 radical (unpaired) electrons. The molecule has 0 bridgehead atoms. The van der Waals surface area contributed by atoms with Crippen molar-refractivity contribution in [1.82, 2.24) is 0 Å². The molecule has 0 aliphatic carbocycles. The van der Waals surface area contributed by atoms with E-state index in [-0.39, 0.29) is 18.3 Å². The van der Waals surface area contributed by atoms with Gasteiger partial charge >= 0.3 is 7.12 Å². The van der Waals surface area contributed by atoms with Crippen LogP contribution in [0.25, 0.3) is 10.8 Å². The summed E-state index contributed by atoms with van der Waals surface area (Å²) in [6.07, 6.45) is 0. The highest BCUT2D eigenvalue weighted by Crippen LogP contribution is 2.37. The van der Waals surface area contributed by atoms with Crippen molar-refractivity contribution in [3.8, 4) is 0 Å². The molecule has 20 heavy (non-hydrogen) atoms. The standard InChI is InChI=1S/C16H18BClO2/c1-15(2)16(3,4)20-17(19-15)13-9-5-8-12-11(13)7-6-10-14(12)18/h5-10H,1-4H3. The van der Waals surface area contributed by atoms with Crippen LogP contribution in [0, 0.1) is 0 Å². The lowest BCUT2D eigenvalue weighted by atomic mass is 9.76. The zero-order chi connectivity index (χ0) is 14.5. The van der Waals surface area contributed by atoms with E-state index in [9.17, 15) is 0 Å². The number of hydrogen-bond donors (Lipinski definition) is 0. The Morgan fingerprint density at radius 1 is 0.850 bits per heavy atom. The Morgan fingerprint density at radius 3 is 2.05 bits per heavy atom. The average Bonchev–Trinajstić information content (AvgIpc) is 2.58. The molecule has 2 aromatic rings. The molecule has 0 N–H and O–H groups in total. The first kappa shape index (κ1) is 13.9. The first-order valence-electron chi connectivity index (χ1n) is 6.85. The minimum absolute atomic E-state index is 0.335. The monoisotopic (exact) mass is 288 g/mol. The van der Waals surface area contributed by atoms with E-state index in [0.29, 0.717) is 0 Å². The second-order valence-corrected chi connectivity index (χ2v) is 6.68. The minimum atomic E-state index is -0.359. The van der Waals surface area contributed by atoms with Gasteiger partial charge in [-0.05, 0) is 50.0 Å². The highest BCUT2D eigenvalue weighted by molar-refractivity contribution is 6.65. The summed E-state index contributed by atoms with van der Waals surface area (Å²) in [6, 6.07) is 12.0. The van der Waals surface area contributed by atoms with Gasteiger partial charge in [-0.15, -0.1) is 0 Å². The van der Waals surface area contributed by atoms with Gasteiger partial charge in [-0.2, -0.15) is 0 Å². The molecule has 0 saturated carbocycles. The van der Waals surface area contributed by atoms with E-state index in [0.717, 1.165) is 21.3 Å². The lowest BCUT2D eigenvalue weighted by Crippen LogP contribution is -2.41. The van der Waals surface area contributed by atoms with Crippen molar-refractivity contribution >= 4 is 35.0 Å². The molecule has 0 amide bonds. The quantitative estimate of drug-likeness (QED) is 0.743. The number of halogens is 1. The third-order valence-electron chi connectivity index (χ3n) is 4.41. The summed E-state index contributed by atoms with van der Waals surface area (Å²) in [5, 5.41) is 2.86. The van der Waals surface area contributed by atoms with E-state index in [1.807, 2.05) is 30.3 Å². The van der Waals surface area contributed by atoms with Gasteiger partial charge in [-0.3, -0.25) is 0 Å². The Morgan fingerprint density at radius 2 is 1.40 bits per heavy atom. The maximum absolute atomic E-state index is 6.27. The van der Waals surface area contributed by atoms with Gasteiger partial charge in [-0.25, -0.2) is 0 Å². The van der Waals surface area contributed by atoms with Crippen molar-refractivity contribution in [3.63, 3.8) is 0 Å². The van der Waals surface area contributed by atoms with Crippen molar-refractivity contribution in [3.05, 3.63) is 41.4 Å². The molecule has 4 heteroatoms. The maximum Gasteiger partial charge on any atom is 0.495 e. The molecular weight excluding hydrogens is 270 g/mol. The Hall–Kier alpha value is -1.03. The van der Waals surface area contributed by atoms with E-state index < -0.39 is 0 Å². The lowest BCUT2D eigenvalue weighted by molar-refractivity contribution is 0.00578. The highest BCUT2D eigenvalue weighted by atomic mass is 35.5. The predicted molar refractivity (Wildman–Crippen MR) is 84.7 cm³/mol. The van der Waals surface area contributed by atoms with Crippen LogP contribution in [-0.4, -0.2) is 18.3 Å². The molecule has 1 aliphatic heterocycles. The Labute approximate surface area is 125 Å². The summed E-state index contributed by atoms with van der Waals surface area (Å²) in [5.74, 6) is 0. The van der Waals surface area contributed by atoms with Gasteiger partial charge < -0.3 is 9.31 Å². The fraction of sp³-hybridized carbons (Fsp3) is 0.375. The molecule has 0 aromatic heterocycles. The van der Waals surface area contributed by atoms with Gasteiger partial charge in [0.1, 0.15) is 0 Å². The summed E-state index contributed by atoms with van der Waals surface area (Å²) in [4.78, 5) is 0. The first-order chi connectivity index (χ1) is 9.32. The summed E-state index contributed by atoms with van der Waals surface area (Å²) < 4.78 is 12.3. The SMILES string of the molecule is CC1(C)OB(c2cccc3c(Cl)cccc23)OC1(C)C. The zero-order valence-electron chi connectivity index (χ0n) is 12.2. The molecule has 104 valence electrons. The van der Waals surface area contributed by atoms with Gasteiger partial charge in [0.25, 0.3) is 0 Å². The van der Waals surface area contributed by atoms with Gasteiger partial charge in [0.15, 0.2) is 0 Å². The fourth-order valence-corrected chi connectivity index (χ4v) is 2.71. The summed E-state index contributed by atoms with van der Waals surface area (Å²) in [6.45, 7) is 8.24. The molecule has 0 unspecified atom stereocenters. The Bertz CT molecular complexity index is 651. The van der Waals surface area contributed by atoms with E-state index in [2.05, 4.69) is 33.8 Å². The number of benzene rings is 2. The van der Waals surface area contributed by atoms with Crippen LogP contribution >= 0.6 is 11.6 Å². The lowest BCUT2D eigenvalue weighted by Gasteiger charge is -2.32. The van der Waals surface area contributed by atoms with Crippen LogP contribution in [0.2, 0.25) is 5.02 Å². The second-order valence-electron chi connectivity index (χ2n) is 6.27. The van der Waals surface area contributed by atoms with Crippen LogP contribution in [-0.2, 0) is 9.31 Å². The van der Waals surface area contributed by atoms with E-state index >= 15 is 0 Å². The molecule has 1 heterocycles. The molecule has 3 rings (SSSR count). The predicted octanol–water partition coefficient (Wildman–Crippen LogP) is 3.79. The molecule has 0 spiro atoms. The number of rotatable bonds is 1. The van der Waals surface area contributed by atoms with Crippen molar-refractivity contribution in [1.29, 1.82) is 0 Å². The fourth-order valence-electron chi connectivity index (χ4n) is 2.47. The molecule has 2 aromatic carbocycles. The van der Waals surface area contributed by atoms with Crippen LogP contribution in [0.3, 0.4) is 0 Å². The van der Waals surface area contributed by atoms with E-state index in [1.54, 1.807) is 0 Å². The molecule has 1 aliphatic rings. The maximum atomic E-state index is 6.27. The normalized spacial score (nSPS) is 20.6. The second kappa shape index (κ2) is 4.49. The smallest absolute Gasteiger partial charge is 0.399 e. The average molecular weight is 289 g/mol. The molecule has 2 nitrogen and oxygen atoms in total. The number of fused-ring (bicyclic) bond motifs is 1. The van der Waals surface area contributed by atoms with Gasteiger partial charge in [0.2, 0.25) is 0 Å². The summed E-state index contributed by atoms with van der Waals surface area (Å²) in [5.41, 5.74) is 0.361. The third-order valence-corrected chi connectivity index (χ3v) is 4.74. The molecule has 1 fully saturated rings. The van der Waals surface area contributed by atoms with Crippen LogP contribution in [0.1, 0.15) is 27.7 Å². The highest BCUT2D eigenvalue weighted by Gasteiger charge is 2.52. The van der Waals surface area contributed by atoms with Crippen LogP contribution in [0.4, 0.5) is 0 Å². The minimum Gasteiger partial charge on any atom is -0.399 e. The van der Waals surface area contributed by atoms with E-state index in [1.165, 1.54) is 0 Å². The largest absolute Gasteiger partial charge is 0.495 e. The van der Waals surface area contributed by atoms with E-state index in [4.69, 9.17) is 20.9 Å². The summed E-state index contributed by atoms with van der Waals surface area (Å²) >= 11 is 6.27. The van der Waals surface area contributed by atoms with Crippen LogP contribution in [0.5, 0.6) is 0 Å². The topological polar surface area (TPSA) is 18.5 Å². The molecule has 0 atom stereocenters. The Kier molecular flexibility index (Phi) is 3.13. The summed E-state index contributed by atoms with van der Waals surface area (Å²) in [7, 11) is -0.359. The van der Waals surface area contributed by atoms with Gasteiger partial charge in [-0.1, -0.05) is 41.9 Å². The first-order valence-corrected chi connectivity index (χ1v) is 7.22. The van der Waals surface area contributed by atoms with Gasteiger partial charge in [0, 0.05) is 5.02 Å². The Balaban J connectivity index is 2.11. The molecular formula is C16H18BClO2. The van der Waals surface area contributed by atoms with Crippen molar-refractivity contribution in [2.24, 2.45) is 0 Å². The molecule has 1 saturated heterocycles. The van der Waals surface area contributed by atoms with Gasteiger partial charge in [0.05, 0.1) is 11.2 Å². The van der Waals surface area contributed by atoms with Crippen molar-refractivity contribution < 1.29 is 9.31 Å².